The van der Waals surface area contributed by atoms with E-state index >= 15 is 0 Å². The van der Waals surface area contributed by atoms with E-state index in [2.05, 4.69) is 25.9 Å². The molecule has 0 aliphatic carbocycles. The molecular weight excluding hydrogens is 321 g/mol. The summed E-state index contributed by atoms with van der Waals surface area (Å²) in [6.45, 7) is 2.08. The van der Waals surface area contributed by atoms with Crippen LogP contribution in [0.3, 0.4) is 0 Å². The summed E-state index contributed by atoms with van der Waals surface area (Å²) in [7, 11) is 0. The van der Waals surface area contributed by atoms with Crippen molar-refractivity contribution >= 4 is 40.5 Å². The highest BCUT2D eigenvalue weighted by Gasteiger charge is 2.13. The second-order valence-corrected chi connectivity index (χ2v) is 6.03. The highest BCUT2D eigenvalue weighted by molar-refractivity contribution is 6.42. The quantitative estimate of drug-likeness (QED) is 0.794. The van der Waals surface area contributed by atoms with Gasteiger partial charge in [0.2, 0.25) is 0 Å². The van der Waals surface area contributed by atoms with Gasteiger partial charge in [-0.15, -0.1) is 0 Å². The van der Waals surface area contributed by atoms with Gasteiger partial charge in [0.15, 0.2) is 0 Å². The highest BCUT2D eigenvalue weighted by atomic mass is 35.5. The predicted octanol–water partition coefficient (Wildman–Crippen LogP) is 3.69. The molecule has 0 atom stereocenters. The lowest BCUT2D eigenvalue weighted by molar-refractivity contribution is 0.478. The maximum Gasteiger partial charge on any atom is 0.135 e. The van der Waals surface area contributed by atoms with Crippen LogP contribution in [0.2, 0.25) is 10.0 Å². The van der Waals surface area contributed by atoms with Crippen LogP contribution >= 0.6 is 23.2 Å². The molecule has 116 valence electrons. The molecule has 1 aliphatic rings. The average molecular weight is 338 g/mol. The molecule has 0 radical (unpaired) electrons. The Kier molecular flexibility index (Phi) is 4.97. The van der Waals surface area contributed by atoms with E-state index in [9.17, 15) is 0 Å². The van der Waals surface area contributed by atoms with Gasteiger partial charge in [0.1, 0.15) is 18.0 Å². The van der Waals surface area contributed by atoms with Gasteiger partial charge in [-0.2, -0.15) is 0 Å². The topological polar surface area (TPSA) is 61.9 Å². The predicted molar refractivity (Wildman–Crippen MR) is 91.3 cm³/mol. The van der Waals surface area contributed by atoms with Crippen molar-refractivity contribution < 1.29 is 0 Å². The fraction of sp³-hybridized carbons (Fsp3) is 0.333. The number of nitrogens with one attached hydrogen (secondary N) is 3. The van der Waals surface area contributed by atoms with Gasteiger partial charge in [-0.25, -0.2) is 9.97 Å². The largest absolute Gasteiger partial charge is 0.367 e. The first-order valence-electron chi connectivity index (χ1n) is 7.22. The van der Waals surface area contributed by atoms with E-state index in [1.165, 1.54) is 0 Å². The minimum Gasteiger partial charge on any atom is -0.367 e. The van der Waals surface area contributed by atoms with Crippen LogP contribution < -0.4 is 16.0 Å². The Hall–Kier alpha value is -1.56. The van der Waals surface area contributed by atoms with Crippen LogP contribution in [0.5, 0.6) is 0 Å². The van der Waals surface area contributed by atoms with Crippen LogP contribution in [0, 0.1) is 0 Å². The molecule has 1 aromatic heterocycles. The van der Waals surface area contributed by atoms with Crippen LogP contribution in [-0.4, -0.2) is 29.1 Å². The molecule has 7 heteroatoms. The van der Waals surface area contributed by atoms with E-state index in [1.54, 1.807) is 18.5 Å². The Morgan fingerprint density at radius 1 is 1.00 bits per heavy atom. The maximum atomic E-state index is 6.02. The molecule has 1 fully saturated rings. The summed E-state index contributed by atoms with van der Waals surface area (Å²) in [5.41, 5.74) is 0.834. The van der Waals surface area contributed by atoms with Crippen molar-refractivity contribution in [3.8, 4) is 0 Å². The zero-order chi connectivity index (χ0) is 15.4. The van der Waals surface area contributed by atoms with Crippen LogP contribution in [0.15, 0.2) is 30.6 Å². The summed E-state index contributed by atoms with van der Waals surface area (Å²) in [5, 5.41) is 11.0. The van der Waals surface area contributed by atoms with Crippen molar-refractivity contribution in [2.45, 2.75) is 18.9 Å². The molecule has 0 unspecified atom stereocenters. The molecule has 2 heterocycles. The number of nitrogens with zero attached hydrogens (tertiary/aromatic N) is 2. The fourth-order valence-electron chi connectivity index (χ4n) is 2.40. The van der Waals surface area contributed by atoms with E-state index in [4.69, 9.17) is 23.2 Å². The molecule has 0 bridgehead atoms. The number of benzene rings is 1. The fourth-order valence-corrected chi connectivity index (χ4v) is 2.70. The third-order valence-corrected chi connectivity index (χ3v) is 4.29. The molecule has 1 saturated heterocycles. The summed E-state index contributed by atoms with van der Waals surface area (Å²) < 4.78 is 0. The zero-order valence-electron chi connectivity index (χ0n) is 11.9. The number of rotatable bonds is 4. The van der Waals surface area contributed by atoms with Crippen LogP contribution in [-0.2, 0) is 0 Å². The van der Waals surface area contributed by atoms with Crippen LogP contribution in [0.4, 0.5) is 17.3 Å². The Balaban J connectivity index is 1.68. The van der Waals surface area contributed by atoms with Gasteiger partial charge in [-0.05, 0) is 44.1 Å². The van der Waals surface area contributed by atoms with E-state index in [0.717, 1.165) is 37.4 Å². The SMILES string of the molecule is Clc1ccc(Nc2cc(NC3CCNCC3)ncn2)cc1Cl. The van der Waals surface area contributed by atoms with E-state index in [0.29, 0.717) is 21.9 Å². The van der Waals surface area contributed by atoms with Gasteiger partial charge in [0, 0.05) is 17.8 Å². The smallest absolute Gasteiger partial charge is 0.135 e. The van der Waals surface area contributed by atoms with Crippen molar-refractivity contribution in [2.75, 3.05) is 23.7 Å². The van der Waals surface area contributed by atoms with Gasteiger partial charge in [0.05, 0.1) is 10.0 Å². The molecule has 3 rings (SSSR count). The zero-order valence-corrected chi connectivity index (χ0v) is 13.5. The highest BCUT2D eigenvalue weighted by Crippen LogP contribution is 2.26. The van der Waals surface area contributed by atoms with Crippen molar-refractivity contribution in [3.63, 3.8) is 0 Å². The standard InChI is InChI=1S/C15H17Cl2N5/c16-12-2-1-11(7-13(12)17)22-15-8-14(19-9-20-15)21-10-3-5-18-6-4-10/h1-2,7-10,18H,3-6H2,(H2,19,20,21,22). The molecule has 1 aliphatic heterocycles. The molecule has 1 aromatic carbocycles. The van der Waals surface area contributed by atoms with Gasteiger partial charge < -0.3 is 16.0 Å². The van der Waals surface area contributed by atoms with Crippen molar-refractivity contribution in [3.05, 3.63) is 40.6 Å². The molecule has 22 heavy (non-hydrogen) atoms. The lowest BCUT2D eigenvalue weighted by atomic mass is 10.1. The minimum atomic E-state index is 0.453. The third-order valence-electron chi connectivity index (χ3n) is 3.55. The number of halogens is 2. The molecule has 0 spiro atoms. The molecular formula is C15H17Cl2N5. The van der Waals surface area contributed by atoms with Gasteiger partial charge in [0.25, 0.3) is 0 Å². The van der Waals surface area contributed by atoms with Crippen LogP contribution in [0.1, 0.15) is 12.8 Å². The number of hydrogen-bond donors (Lipinski definition) is 3. The maximum absolute atomic E-state index is 6.02. The second kappa shape index (κ2) is 7.13. The minimum absolute atomic E-state index is 0.453. The Morgan fingerprint density at radius 2 is 1.77 bits per heavy atom. The van der Waals surface area contributed by atoms with Crippen molar-refractivity contribution in [1.29, 1.82) is 0 Å². The first-order valence-corrected chi connectivity index (χ1v) is 7.98. The summed E-state index contributed by atoms with van der Waals surface area (Å²) in [6, 6.07) is 7.72. The molecule has 3 N–H and O–H groups in total. The summed E-state index contributed by atoms with van der Waals surface area (Å²) in [4.78, 5) is 8.51. The lowest BCUT2D eigenvalue weighted by Crippen LogP contribution is -2.35. The Labute approximate surface area is 139 Å². The lowest BCUT2D eigenvalue weighted by Gasteiger charge is -2.24. The van der Waals surface area contributed by atoms with Gasteiger partial charge in [-0.3, -0.25) is 0 Å². The van der Waals surface area contributed by atoms with E-state index in [-0.39, 0.29) is 0 Å². The number of hydrogen-bond acceptors (Lipinski definition) is 5. The second-order valence-electron chi connectivity index (χ2n) is 5.21. The summed E-state index contributed by atoms with van der Waals surface area (Å²) in [6.07, 6.45) is 3.74. The van der Waals surface area contributed by atoms with Gasteiger partial charge in [-0.1, -0.05) is 23.2 Å². The molecule has 0 amide bonds. The summed E-state index contributed by atoms with van der Waals surface area (Å²) in [5.74, 6) is 1.54. The summed E-state index contributed by atoms with van der Waals surface area (Å²) >= 11 is 11.9. The number of piperidine rings is 1. The molecule has 2 aromatic rings. The van der Waals surface area contributed by atoms with Crippen molar-refractivity contribution in [1.82, 2.24) is 15.3 Å². The average Bonchev–Trinajstić information content (AvgIpc) is 2.52. The van der Waals surface area contributed by atoms with Gasteiger partial charge >= 0.3 is 0 Å². The number of aromatic nitrogens is 2. The molecule has 0 saturated carbocycles. The van der Waals surface area contributed by atoms with E-state index < -0.39 is 0 Å². The van der Waals surface area contributed by atoms with Crippen molar-refractivity contribution in [2.24, 2.45) is 0 Å². The monoisotopic (exact) mass is 337 g/mol. The molecule has 5 nitrogen and oxygen atoms in total. The third kappa shape index (κ3) is 4.00. The number of anilines is 3. The van der Waals surface area contributed by atoms with Crippen LogP contribution in [0.25, 0.3) is 0 Å². The van der Waals surface area contributed by atoms with E-state index in [1.807, 2.05) is 12.1 Å². The first-order chi connectivity index (χ1) is 10.7. The Bertz CT molecular complexity index is 644. The Morgan fingerprint density at radius 3 is 2.55 bits per heavy atom. The normalized spacial score (nSPS) is 15.5. The first kappa shape index (κ1) is 15.3.